The number of nitrogens with one attached hydrogen (secondary N) is 2. The highest BCUT2D eigenvalue weighted by Gasteiger charge is 2.17. The van der Waals surface area contributed by atoms with Crippen molar-refractivity contribution in [2.45, 2.75) is 13.0 Å². The van der Waals surface area contributed by atoms with Gasteiger partial charge in [0, 0.05) is 24.8 Å². The summed E-state index contributed by atoms with van der Waals surface area (Å²) in [6.45, 7) is 3.95. The van der Waals surface area contributed by atoms with Gasteiger partial charge in [-0.25, -0.2) is 4.98 Å². The zero-order chi connectivity index (χ0) is 10.3. The molecule has 0 radical (unpaired) electrons. The summed E-state index contributed by atoms with van der Waals surface area (Å²) < 4.78 is 1.73. The van der Waals surface area contributed by atoms with Gasteiger partial charge in [-0.3, -0.25) is 0 Å². The van der Waals surface area contributed by atoms with Crippen molar-refractivity contribution in [1.29, 1.82) is 0 Å². The van der Waals surface area contributed by atoms with E-state index in [1.54, 1.807) is 4.52 Å². The van der Waals surface area contributed by atoms with E-state index in [0.717, 1.165) is 24.6 Å². The van der Waals surface area contributed by atoms with Crippen molar-refractivity contribution in [2.75, 3.05) is 18.4 Å². The van der Waals surface area contributed by atoms with Crippen LogP contribution in [0.2, 0.25) is 0 Å². The molecule has 2 aromatic heterocycles. The molecule has 1 fully saturated rings. The number of anilines is 1. The minimum atomic E-state index is 0.485. The van der Waals surface area contributed by atoms with Crippen molar-refractivity contribution < 1.29 is 0 Å². The molecule has 2 aromatic rings. The Morgan fingerprint density at radius 2 is 2.40 bits per heavy atom. The van der Waals surface area contributed by atoms with Crippen LogP contribution < -0.4 is 10.6 Å². The van der Waals surface area contributed by atoms with E-state index >= 15 is 0 Å². The quantitative estimate of drug-likeness (QED) is 0.710. The molecule has 0 aliphatic carbocycles. The fourth-order valence-electron chi connectivity index (χ4n) is 1.63. The highest BCUT2D eigenvalue weighted by atomic mass is 15.4. The molecule has 3 heterocycles. The van der Waals surface area contributed by atoms with Gasteiger partial charge in [0.05, 0.1) is 6.04 Å². The molecule has 0 spiro atoms. The molecular weight excluding hydrogens is 192 g/mol. The lowest BCUT2D eigenvalue weighted by Gasteiger charge is -2.28. The minimum absolute atomic E-state index is 0.485. The normalized spacial score (nSPS) is 16.6. The smallest absolute Gasteiger partial charge is 0.254 e. The molecule has 6 nitrogen and oxygen atoms in total. The SMILES string of the molecule is Cc1cc(NC2CNC2)n2ncnc2n1. The third-order valence-electron chi connectivity index (χ3n) is 2.51. The number of hydrogen-bond acceptors (Lipinski definition) is 5. The van der Waals surface area contributed by atoms with Crippen LogP contribution in [0.25, 0.3) is 5.78 Å². The van der Waals surface area contributed by atoms with E-state index < -0.39 is 0 Å². The summed E-state index contributed by atoms with van der Waals surface area (Å²) in [6.07, 6.45) is 1.52. The maximum atomic E-state index is 4.28. The van der Waals surface area contributed by atoms with Crippen LogP contribution in [0.4, 0.5) is 5.82 Å². The molecule has 1 aliphatic heterocycles. The first-order valence-electron chi connectivity index (χ1n) is 4.97. The Labute approximate surface area is 86.7 Å². The summed E-state index contributed by atoms with van der Waals surface area (Å²) >= 11 is 0. The van der Waals surface area contributed by atoms with Gasteiger partial charge in [-0.05, 0) is 6.92 Å². The molecule has 0 atom stereocenters. The topological polar surface area (TPSA) is 67.1 Å². The molecule has 1 saturated heterocycles. The molecule has 0 bridgehead atoms. The zero-order valence-electron chi connectivity index (χ0n) is 8.44. The molecule has 3 rings (SSSR count). The monoisotopic (exact) mass is 204 g/mol. The van der Waals surface area contributed by atoms with Crippen LogP contribution in [0.5, 0.6) is 0 Å². The number of nitrogens with zero attached hydrogens (tertiary/aromatic N) is 4. The maximum Gasteiger partial charge on any atom is 0.254 e. The van der Waals surface area contributed by atoms with Gasteiger partial charge < -0.3 is 10.6 Å². The van der Waals surface area contributed by atoms with E-state index in [1.807, 2.05) is 13.0 Å². The van der Waals surface area contributed by atoms with Crippen LogP contribution in [0, 0.1) is 6.92 Å². The van der Waals surface area contributed by atoms with E-state index in [9.17, 15) is 0 Å². The Bertz CT molecular complexity index is 486. The van der Waals surface area contributed by atoms with E-state index in [-0.39, 0.29) is 0 Å². The third kappa shape index (κ3) is 1.42. The first-order chi connectivity index (χ1) is 7.33. The molecule has 15 heavy (non-hydrogen) atoms. The standard InChI is InChI=1S/C9H12N6/c1-6-2-8(14-7-3-10-4-7)15-9(13-6)11-5-12-15/h2,5,7,10,14H,3-4H2,1H3. The fourth-order valence-corrected chi connectivity index (χ4v) is 1.63. The van der Waals surface area contributed by atoms with Gasteiger partial charge in [-0.1, -0.05) is 0 Å². The van der Waals surface area contributed by atoms with E-state index in [2.05, 4.69) is 25.7 Å². The highest BCUT2D eigenvalue weighted by molar-refractivity contribution is 5.45. The number of hydrogen-bond donors (Lipinski definition) is 2. The van der Waals surface area contributed by atoms with Crippen LogP contribution in [-0.2, 0) is 0 Å². The van der Waals surface area contributed by atoms with Gasteiger partial charge in [0.25, 0.3) is 5.78 Å². The van der Waals surface area contributed by atoms with Gasteiger partial charge in [-0.2, -0.15) is 14.6 Å². The second-order valence-electron chi connectivity index (χ2n) is 3.75. The molecule has 0 saturated carbocycles. The Morgan fingerprint density at radius 3 is 3.13 bits per heavy atom. The van der Waals surface area contributed by atoms with Crippen molar-refractivity contribution in [3.05, 3.63) is 18.1 Å². The lowest BCUT2D eigenvalue weighted by Crippen LogP contribution is -2.51. The van der Waals surface area contributed by atoms with Crippen molar-refractivity contribution in [1.82, 2.24) is 24.9 Å². The van der Waals surface area contributed by atoms with Crippen LogP contribution in [0.3, 0.4) is 0 Å². The van der Waals surface area contributed by atoms with Crippen molar-refractivity contribution >= 4 is 11.6 Å². The summed E-state index contributed by atoms with van der Waals surface area (Å²) in [7, 11) is 0. The van der Waals surface area contributed by atoms with Crippen LogP contribution in [0.15, 0.2) is 12.4 Å². The molecule has 78 valence electrons. The highest BCUT2D eigenvalue weighted by Crippen LogP contribution is 2.12. The average molecular weight is 204 g/mol. The summed E-state index contributed by atoms with van der Waals surface area (Å²) in [5.74, 6) is 1.60. The van der Waals surface area contributed by atoms with E-state index in [1.165, 1.54) is 6.33 Å². The summed E-state index contributed by atoms with van der Waals surface area (Å²) in [5, 5.41) is 10.8. The third-order valence-corrected chi connectivity index (χ3v) is 2.51. The molecule has 6 heteroatoms. The largest absolute Gasteiger partial charge is 0.365 e. The summed E-state index contributed by atoms with van der Waals surface area (Å²) in [5.41, 5.74) is 0.949. The van der Waals surface area contributed by atoms with E-state index in [0.29, 0.717) is 11.8 Å². The van der Waals surface area contributed by atoms with Crippen LogP contribution in [-0.4, -0.2) is 38.7 Å². The lowest BCUT2D eigenvalue weighted by atomic mass is 10.2. The first-order valence-corrected chi connectivity index (χ1v) is 4.97. The fraction of sp³-hybridized carbons (Fsp3) is 0.444. The lowest BCUT2D eigenvalue weighted by molar-refractivity contribution is 0.470. The van der Waals surface area contributed by atoms with Crippen LogP contribution in [0.1, 0.15) is 5.69 Å². The number of aromatic nitrogens is 4. The van der Waals surface area contributed by atoms with E-state index in [4.69, 9.17) is 0 Å². The van der Waals surface area contributed by atoms with Crippen molar-refractivity contribution in [2.24, 2.45) is 0 Å². The molecule has 0 unspecified atom stereocenters. The molecule has 1 aliphatic rings. The second-order valence-corrected chi connectivity index (χ2v) is 3.75. The molecule has 0 aromatic carbocycles. The Morgan fingerprint density at radius 1 is 1.53 bits per heavy atom. The number of rotatable bonds is 2. The average Bonchev–Trinajstić information content (AvgIpc) is 2.58. The Kier molecular flexibility index (Phi) is 1.81. The minimum Gasteiger partial charge on any atom is -0.365 e. The van der Waals surface area contributed by atoms with Crippen molar-refractivity contribution in [3.63, 3.8) is 0 Å². The molecule has 0 amide bonds. The zero-order valence-corrected chi connectivity index (χ0v) is 8.44. The summed E-state index contributed by atoms with van der Waals surface area (Å²) in [6, 6.07) is 2.47. The Balaban J connectivity index is 2.02. The van der Waals surface area contributed by atoms with Gasteiger partial charge >= 0.3 is 0 Å². The first kappa shape index (κ1) is 8.60. The molecular formula is C9H12N6. The number of aryl methyl sites for hydroxylation is 1. The van der Waals surface area contributed by atoms with Gasteiger partial charge in [-0.15, -0.1) is 0 Å². The van der Waals surface area contributed by atoms with Gasteiger partial charge in [0.1, 0.15) is 12.1 Å². The Hall–Kier alpha value is -1.69. The predicted octanol–water partition coefficient (Wildman–Crippen LogP) is -0.184. The van der Waals surface area contributed by atoms with Gasteiger partial charge in [0.15, 0.2) is 0 Å². The molecule has 2 N–H and O–H groups in total. The van der Waals surface area contributed by atoms with Crippen molar-refractivity contribution in [3.8, 4) is 0 Å². The summed E-state index contributed by atoms with van der Waals surface area (Å²) in [4.78, 5) is 8.36. The maximum absolute atomic E-state index is 4.28. The number of fused-ring (bicyclic) bond motifs is 1. The predicted molar refractivity (Wildman–Crippen MR) is 55.8 cm³/mol. The second kappa shape index (κ2) is 3.16. The van der Waals surface area contributed by atoms with Gasteiger partial charge in [0.2, 0.25) is 0 Å². The van der Waals surface area contributed by atoms with Crippen LogP contribution >= 0.6 is 0 Å².